The van der Waals surface area contributed by atoms with Crippen LogP contribution < -0.4 is 10.1 Å². The number of fused-ring (bicyclic) bond motifs is 1. The number of hydrogen-bond donors (Lipinski definition) is 1. The van der Waals surface area contributed by atoms with Crippen molar-refractivity contribution in [3.63, 3.8) is 0 Å². The molecule has 7 heteroatoms. The SMILES string of the molecule is COc1cc(NCCCc2nc3ccccc3n2C)ccc1[N+](=O)[O-]. The number of ether oxygens (including phenoxy) is 1. The number of hydrogen-bond acceptors (Lipinski definition) is 5. The van der Waals surface area contributed by atoms with Crippen molar-refractivity contribution in [3.8, 4) is 5.75 Å². The maximum Gasteiger partial charge on any atom is 0.311 e. The summed E-state index contributed by atoms with van der Waals surface area (Å²) in [4.78, 5) is 15.1. The Morgan fingerprint density at radius 2 is 2.08 bits per heavy atom. The van der Waals surface area contributed by atoms with Crippen LogP contribution in [-0.4, -0.2) is 28.1 Å². The summed E-state index contributed by atoms with van der Waals surface area (Å²) in [5, 5.41) is 14.2. The molecule has 1 N–H and O–H groups in total. The number of para-hydroxylation sites is 2. The first kappa shape index (κ1) is 16.8. The normalized spacial score (nSPS) is 10.8. The molecule has 7 nitrogen and oxygen atoms in total. The van der Waals surface area contributed by atoms with Gasteiger partial charge in [0, 0.05) is 37.8 Å². The largest absolute Gasteiger partial charge is 0.490 e. The van der Waals surface area contributed by atoms with Crippen LogP contribution in [0.2, 0.25) is 0 Å². The number of aryl methyl sites for hydroxylation is 2. The molecule has 0 aliphatic carbocycles. The molecule has 0 radical (unpaired) electrons. The third-order valence-electron chi connectivity index (χ3n) is 4.16. The molecule has 3 rings (SSSR count). The van der Waals surface area contributed by atoms with Crippen molar-refractivity contribution in [2.24, 2.45) is 7.05 Å². The van der Waals surface area contributed by atoms with Gasteiger partial charge < -0.3 is 14.6 Å². The second kappa shape index (κ2) is 7.21. The van der Waals surface area contributed by atoms with E-state index in [1.165, 1.54) is 13.2 Å². The highest BCUT2D eigenvalue weighted by molar-refractivity contribution is 5.75. The smallest absolute Gasteiger partial charge is 0.311 e. The van der Waals surface area contributed by atoms with Crippen LogP contribution in [-0.2, 0) is 13.5 Å². The molecule has 0 saturated carbocycles. The van der Waals surface area contributed by atoms with Crippen LogP contribution >= 0.6 is 0 Å². The zero-order chi connectivity index (χ0) is 17.8. The lowest BCUT2D eigenvalue weighted by Gasteiger charge is -2.08. The van der Waals surface area contributed by atoms with Gasteiger partial charge in [-0.2, -0.15) is 0 Å². The van der Waals surface area contributed by atoms with Crippen LogP contribution in [0.15, 0.2) is 42.5 Å². The third kappa shape index (κ3) is 3.55. The maximum absolute atomic E-state index is 10.9. The molecule has 25 heavy (non-hydrogen) atoms. The van der Waals surface area contributed by atoms with E-state index in [1.807, 2.05) is 25.2 Å². The van der Waals surface area contributed by atoms with Gasteiger partial charge in [-0.05, 0) is 24.6 Å². The zero-order valence-electron chi connectivity index (χ0n) is 14.2. The fourth-order valence-corrected chi connectivity index (χ4v) is 2.84. The van der Waals surface area contributed by atoms with Crippen LogP contribution in [0.25, 0.3) is 11.0 Å². The molecule has 1 heterocycles. The van der Waals surface area contributed by atoms with Crippen molar-refractivity contribution >= 4 is 22.4 Å². The molecule has 0 spiro atoms. The fraction of sp³-hybridized carbons (Fsp3) is 0.278. The lowest BCUT2D eigenvalue weighted by Crippen LogP contribution is -2.06. The van der Waals surface area contributed by atoms with Crippen LogP contribution in [0.4, 0.5) is 11.4 Å². The quantitative estimate of drug-likeness (QED) is 0.404. The van der Waals surface area contributed by atoms with Crippen molar-refractivity contribution < 1.29 is 9.66 Å². The molecule has 0 bridgehead atoms. The average molecular weight is 340 g/mol. The van der Waals surface area contributed by atoms with E-state index < -0.39 is 4.92 Å². The van der Waals surface area contributed by atoms with Gasteiger partial charge in [0.2, 0.25) is 0 Å². The number of methoxy groups -OCH3 is 1. The van der Waals surface area contributed by atoms with E-state index in [1.54, 1.807) is 12.1 Å². The Morgan fingerprint density at radius 3 is 2.80 bits per heavy atom. The second-order valence-corrected chi connectivity index (χ2v) is 5.75. The topological polar surface area (TPSA) is 82.2 Å². The first-order valence-corrected chi connectivity index (χ1v) is 8.07. The van der Waals surface area contributed by atoms with Crippen molar-refractivity contribution in [3.05, 3.63) is 58.4 Å². The highest BCUT2D eigenvalue weighted by Gasteiger charge is 2.14. The van der Waals surface area contributed by atoms with E-state index in [-0.39, 0.29) is 11.4 Å². The summed E-state index contributed by atoms with van der Waals surface area (Å²) >= 11 is 0. The monoisotopic (exact) mass is 340 g/mol. The minimum atomic E-state index is -0.450. The zero-order valence-corrected chi connectivity index (χ0v) is 14.2. The molecule has 130 valence electrons. The van der Waals surface area contributed by atoms with Gasteiger partial charge in [0.25, 0.3) is 0 Å². The van der Waals surface area contributed by atoms with E-state index in [9.17, 15) is 10.1 Å². The van der Waals surface area contributed by atoms with Crippen LogP contribution in [0.3, 0.4) is 0 Å². The van der Waals surface area contributed by atoms with E-state index in [0.29, 0.717) is 0 Å². The molecular weight excluding hydrogens is 320 g/mol. The van der Waals surface area contributed by atoms with Crippen LogP contribution in [0, 0.1) is 10.1 Å². The van der Waals surface area contributed by atoms with Crippen molar-refractivity contribution in [2.75, 3.05) is 19.0 Å². The summed E-state index contributed by atoms with van der Waals surface area (Å²) in [6.07, 6.45) is 1.75. The van der Waals surface area contributed by atoms with Crippen LogP contribution in [0.5, 0.6) is 5.75 Å². The molecule has 3 aromatic rings. The Bertz CT molecular complexity index is 904. The number of aromatic nitrogens is 2. The molecule has 0 atom stereocenters. The Kier molecular flexibility index (Phi) is 4.83. The number of benzene rings is 2. The van der Waals surface area contributed by atoms with Gasteiger partial charge in [-0.3, -0.25) is 10.1 Å². The summed E-state index contributed by atoms with van der Waals surface area (Å²) < 4.78 is 7.19. The number of nitro benzene ring substituents is 1. The Hall–Kier alpha value is -3.09. The standard InChI is InChI=1S/C18H20N4O3/c1-21-15-7-4-3-6-14(15)20-18(21)8-5-11-19-13-9-10-16(22(23)24)17(12-13)25-2/h3-4,6-7,9-10,12,19H,5,8,11H2,1-2H3. The highest BCUT2D eigenvalue weighted by Crippen LogP contribution is 2.29. The van der Waals surface area contributed by atoms with E-state index >= 15 is 0 Å². The summed E-state index contributed by atoms with van der Waals surface area (Å²) in [7, 11) is 3.46. The molecule has 0 fully saturated rings. The minimum Gasteiger partial charge on any atom is -0.490 e. The van der Waals surface area contributed by atoms with E-state index in [2.05, 4.69) is 20.9 Å². The van der Waals surface area contributed by atoms with E-state index in [4.69, 9.17) is 4.74 Å². The molecule has 0 aliphatic rings. The summed E-state index contributed by atoms with van der Waals surface area (Å²) in [5.74, 6) is 1.30. The van der Waals surface area contributed by atoms with E-state index in [0.717, 1.165) is 41.9 Å². The van der Waals surface area contributed by atoms with Crippen molar-refractivity contribution in [1.29, 1.82) is 0 Å². The molecule has 0 saturated heterocycles. The number of imidazole rings is 1. The maximum atomic E-state index is 10.9. The Balaban J connectivity index is 1.59. The minimum absolute atomic E-state index is 0.0345. The number of nitrogens with zero attached hydrogens (tertiary/aromatic N) is 3. The summed E-state index contributed by atoms with van der Waals surface area (Å²) in [6, 6.07) is 12.9. The molecule has 2 aromatic carbocycles. The third-order valence-corrected chi connectivity index (χ3v) is 4.16. The van der Waals surface area contributed by atoms with Gasteiger partial charge in [-0.15, -0.1) is 0 Å². The molecule has 0 aliphatic heterocycles. The van der Waals surface area contributed by atoms with Gasteiger partial charge in [0.05, 0.1) is 23.1 Å². The molecule has 0 unspecified atom stereocenters. The number of nitro groups is 1. The Morgan fingerprint density at radius 1 is 1.28 bits per heavy atom. The first-order chi connectivity index (χ1) is 12.1. The van der Waals surface area contributed by atoms with Gasteiger partial charge in [0.1, 0.15) is 5.82 Å². The average Bonchev–Trinajstić information content (AvgIpc) is 2.94. The predicted molar refractivity (Wildman–Crippen MR) is 97.2 cm³/mol. The second-order valence-electron chi connectivity index (χ2n) is 5.75. The molecule has 1 aromatic heterocycles. The number of nitrogens with one attached hydrogen (secondary N) is 1. The summed E-state index contributed by atoms with van der Waals surface area (Å²) in [5.41, 5.74) is 2.90. The highest BCUT2D eigenvalue weighted by atomic mass is 16.6. The van der Waals surface area contributed by atoms with Gasteiger partial charge >= 0.3 is 5.69 Å². The number of rotatable bonds is 7. The predicted octanol–water partition coefficient (Wildman–Crippen LogP) is 3.53. The molecule has 0 amide bonds. The van der Waals surface area contributed by atoms with Gasteiger partial charge in [-0.25, -0.2) is 4.98 Å². The van der Waals surface area contributed by atoms with Crippen molar-refractivity contribution in [2.45, 2.75) is 12.8 Å². The lowest BCUT2D eigenvalue weighted by atomic mass is 10.2. The van der Waals surface area contributed by atoms with Crippen molar-refractivity contribution in [1.82, 2.24) is 9.55 Å². The Labute approximate surface area is 145 Å². The fourth-order valence-electron chi connectivity index (χ4n) is 2.84. The lowest BCUT2D eigenvalue weighted by molar-refractivity contribution is -0.385. The van der Waals surface area contributed by atoms with Gasteiger partial charge in [0.15, 0.2) is 5.75 Å². The molecular formula is C18H20N4O3. The van der Waals surface area contributed by atoms with Crippen LogP contribution in [0.1, 0.15) is 12.2 Å². The summed E-state index contributed by atoms with van der Waals surface area (Å²) in [6.45, 7) is 0.740. The van der Waals surface area contributed by atoms with Gasteiger partial charge in [-0.1, -0.05) is 12.1 Å². The number of anilines is 1. The first-order valence-electron chi connectivity index (χ1n) is 8.07.